The van der Waals surface area contributed by atoms with Gasteiger partial charge in [-0.2, -0.15) is 5.10 Å². The molecule has 156 valence electrons. The Bertz CT molecular complexity index is 812. The fourth-order valence-corrected chi connectivity index (χ4v) is 3.57. The Kier molecular flexibility index (Phi) is 7.24. The molecule has 1 fully saturated rings. The van der Waals surface area contributed by atoms with E-state index in [0.29, 0.717) is 29.6 Å². The molecule has 0 aliphatic carbocycles. The second-order valence-electron chi connectivity index (χ2n) is 7.54. The van der Waals surface area contributed by atoms with Gasteiger partial charge in [-0.25, -0.2) is 0 Å². The zero-order valence-electron chi connectivity index (χ0n) is 17.0. The van der Waals surface area contributed by atoms with Crippen LogP contribution < -0.4 is 20.7 Å². The number of hydrogen-bond donors (Lipinski definition) is 3. The molecule has 1 saturated heterocycles. The van der Waals surface area contributed by atoms with Crippen LogP contribution in [0.5, 0.6) is 5.75 Å². The zero-order chi connectivity index (χ0) is 20.6. The number of amides is 2. The lowest BCUT2D eigenvalue weighted by molar-refractivity contribution is -0.117. The fraction of sp³-hybridized carbons (Fsp3) is 0.476. The number of carbonyl (C=O) groups is 2. The maximum absolute atomic E-state index is 12.3. The lowest BCUT2D eigenvalue weighted by atomic mass is 9.85. The van der Waals surface area contributed by atoms with Gasteiger partial charge in [-0.3, -0.25) is 14.3 Å². The van der Waals surface area contributed by atoms with E-state index in [4.69, 9.17) is 4.74 Å². The molecule has 2 unspecified atom stereocenters. The van der Waals surface area contributed by atoms with Crippen LogP contribution in [0.1, 0.15) is 26.2 Å². The third kappa shape index (κ3) is 6.32. The molecule has 8 heteroatoms. The van der Waals surface area contributed by atoms with E-state index in [-0.39, 0.29) is 18.4 Å². The Balaban J connectivity index is 1.45. The Morgan fingerprint density at radius 2 is 2.00 bits per heavy atom. The number of ether oxygens (including phenoxy) is 1. The molecule has 0 spiro atoms. The van der Waals surface area contributed by atoms with Crippen molar-refractivity contribution in [2.75, 3.05) is 30.8 Å². The third-order valence-corrected chi connectivity index (χ3v) is 5.24. The lowest BCUT2D eigenvalue weighted by Crippen LogP contribution is -2.34. The van der Waals surface area contributed by atoms with Crippen LogP contribution in [-0.2, 0) is 16.1 Å². The monoisotopic (exact) mass is 399 g/mol. The van der Waals surface area contributed by atoms with E-state index >= 15 is 0 Å². The van der Waals surface area contributed by atoms with Crippen molar-refractivity contribution in [2.45, 2.75) is 32.7 Å². The number of nitrogens with one attached hydrogen (secondary N) is 3. The van der Waals surface area contributed by atoms with E-state index in [2.05, 4.69) is 28.0 Å². The Morgan fingerprint density at radius 3 is 2.69 bits per heavy atom. The number of piperidine rings is 1. The summed E-state index contributed by atoms with van der Waals surface area (Å²) in [7, 11) is 1.59. The number of carbonyl (C=O) groups excluding carboxylic acids is 2. The van der Waals surface area contributed by atoms with Crippen LogP contribution in [0.3, 0.4) is 0 Å². The Labute approximate surface area is 171 Å². The molecule has 2 aromatic rings. The maximum atomic E-state index is 12.3. The molecular formula is C21H29N5O3. The normalized spacial score (nSPS) is 17.4. The minimum absolute atomic E-state index is 0.0229. The molecule has 3 rings (SSSR count). The first kappa shape index (κ1) is 20.9. The summed E-state index contributed by atoms with van der Waals surface area (Å²) in [5, 5.41) is 13.2. The summed E-state index contributed by atoms with van der Waals surface area (Å²) in [4.78, 5) is 24.5. The molecule has 3 N–H and O–H groups in total. The number of nitrogens with zero attached hydrogens (tertiary/aromatic N) is 2. The molecule has 2 heterocycles. The molecule has 1 aromatic heterocycles. The molecule has 2 atom stereocenters. The molecule has 2 amide bonds. The summed E-state index contributed by atoms with van der Waals surface area (Å²) in [6.45, 7) is 4.24. The van der Waals surface area contributed by atoms with Crippen LogP contribution in [-0.4, -0.2) is 41.8 Å². The van der Waals surface area contributed by atoms with E-state index in [9.17, 15) is 9.59 Å². The largest absolute Gasteiger partial charge is 0.497 e. The van der Waals surface area contributed by atoms with E-state index in [1.165, 1.54) is 17.5 Å². The standard InChI is InChI=1S/C21H29N5O3/c1-15(16-4-3-9-22-11-16)10-20(27)25-18-12-23-26(13-18)14-21(28)24-17-5-7-19(29-2)8-6-17/h5-8,12-13,15-16,22H,3-4,9-11,14H2,1-2H3,(H,24,28)(H,25,27). The van der Waals surface area contributed by atoms with Crippen molar-refractivity contribution in [3.05, 3.63) is 36.7 Å². The van der Waals surface area contributed by atoms with Gasteiger partial charge < -0.3 is 20.7 Å². The SMILES string of the molecule is COc1ccc(NC(=O)Cn2cc(NC(=O)CC(C)C3CCCNC3)cn2)cc1. The van der Waals surface area contributed by atoms with Gasteiger partial charge >= 0.3 is 0 Å². The van der Waals surface area contributed by atoms with Crippen LogP contribution in [0.25, 0.3) is 0 Å². The molecule has 1 aliphatic rings. The molecule has 1 aromatic carbocycles. The highest BCUT2D eigenvalue weighted by atomic mass is 16.5. The first-order valence-corrected chi connectivity index (χ1v) is 10.0. The van der Waals surface area contributed by atoms with Crippen molar-refractivity contribution in [3.63, 3.8) is 0 Å². The molecule has 0 radical (unpaired) electrons. The molecule has 0 bridgehead atoms. The van der Waals surface area contributed by atoms with Gasteiger partial charge in [0.2, 0.25) is 11.8 Å². The van der Waals surface area contributed by atoms with Gasteiger partial charge in [0.25, 0.3) is 0 Å². The van der Waals surface area contributed by atoms with Crippen LogP contribution in [0.2, 0.25) is 0 Å². The van der Waals surface area contributed by atoms with E-state index in [1.54, 1.807) is 43.8 Å². The average Bonchev–Trinajstić information content (AvgIpc) is 3.15. The quantitative estimate of drug-likeness (QED) is 0.634. The molecular weight excluding hydrogens is 370 g/mol. The first-order chi connectivity index (χ1) is 14.0. The number of benzene rings is 1. The van der Waals surface area contributed by atoms with E-state index < -0.39 is 0 Å². The number of aromatic nitrogens is 2. The minimum atomic E-state index is -0.199. The highest BCUT2D eigenvalue weighted by molar-refractivity contribution is 5.91. The summed E-state index contributed by atoms with van der Waals surface area (Å²) in [5.74, 6) is 1.37. The maximum Gasteiger partial charge on any atom is 0.246 e. The van der Waals surface area contributed by atoms with Crippen molar-refractivity contribution in [1.82, 2.24) is 15.1 Å². The van der Waals surface area contributed by atoms with Crippen molar-refractivity contribution < 1.29 is 14.3 Å². The number of rotatable bonds is 8. The van der Waals surface area contributed by atoms with Crippen LogP contribution in [0.4, 0.5) is 11.4 Å². The summed E-state index contributed by atoms with van der Waals surface area (Å²) in [5.41, 5.74) is 1.28. The predicted octanol–water partition coefficient (Wildman–Crippen LogP) is 2.49. The van der Waals surface area contributed by atoms with Gasteiger partial charge in [0.15, 0.2) is 0 Å². The second kappa shape index (κ2) is 10.1. The molecule has 1 aliphatic heterocycles. The zero-order valence-corrected chi connectivity index (χ0v) is 17.0. The number of hydrogen-bond acceptors (Lipinski definition) is 5. The average molecular weight is 399 g/mol. The van der Waals surface area contributed by atoms with E-state index in [1.807, 2.05) is 0 Å². The van der Waals surface area contributed by atoms with Crippen LogP contribution in [0.15, 0.2) is 36.7 Å². The van der Waals surface area contributed by atoms with Crippen molar-refractivity contribution in [3.8, 4) is 5.75 Å². The van der Waals surface area contributed by atoms with Gasteiger partial charge in [0.1, 0.15) is 12.3 Å². The van der Waals surface area contributed by atoms with Crippen molar-refractivity contribution >= 4 is 23.2 Å². The van der Waals surface area contributed by atoms with Gasteiger partial charge in [-0.15, -0.1) is 0 Å². The summed E-state index contributed by atoms with van der Waals surface area (Å²) >= 11 is 0. The third-order valence-electron chi connectivity index (χ3n) is 5.24. The first-order valence-electron chi connectivity index (χ1n) is 10.0. The summed E-state index contributed by atoms with van der Waals surface area (Å²) in [6, 6.07) is 7.10. The molecule has 29 heavy (non-hydrogen) atoms. The van der Waals surface area contributed by atoms with Crippen LogP contribution >= 0.6 is 0 Å². The number of methoxy groups -OCH3 is 1. The van der Waals surface area contributed by atoms with Crippen molar-refractivity contribution in [2.24, 2.45) is 11.8 Å². The Morgan fingerprint density at radius 1 is 1.24 bits per heavy atom. The fourth-order valence-electron chi connectivity index (χ4n) is 3.57. The van der Waals surface area contributed by atoms with Gasteiger partial charge in [-0.1, -0.05) is 6.92 Å². The summed E-state index contributed by atoms with van der Waals surface area (Å²) in [6.07, 6.45) is 6.05. The topological polar surface area (TPSA) is 97.3 Å². The predicted molar refractivity (Wildman–Crippen MR) is 112 cm³/mol. The Hall–Kier alpha value is -2.87. The highest BCUT2D eigenvalue weighted by Crippen LogP contribution is 2.23. The highest BCUT2D eigenvalue weighted by Gasteiger charge is 2.22. The molecule has 8 nitrogen and oxygen atoms in total. The van der Waals surface area contributed by atoms with Gasteiger partial charge in [0.05, 0.1) is 19.0 Å². The number of anilines is 2. The van der Waals surface area contributed by atoms with Gasteiger partial charge in [0, 0.05) is 18.3 Å². The molecule has 0 saturated carbocycles. The van der Waals surface area contributed by atoms with E-state index in [0.717, 1.165) is 18.8 Å². The second-order valence-corrected chi connectivity index (χ2v) is 7.54. The van der Waals surface area contributed by atoms with Crippen LogP contribution in [0, 0.1) is 11.8 Å². The van der Waals surface area contributed by atoms with Gasteiger partial charge in [-0.05, 0) is 62.0 Å². The van der Waals surface area contributed by atoms with Crippen molar-refractivity contribution in [1.29, 1.82) is 0 Å². The smallest absolute Gasteiger partial charge is 0.246 e. The minimum Gasteiger partial charge on any atom is -0.497 e. The summed E-state index contributed by atoms with van der Waals surface area (Å²) < 4.78 is 6.60. The lowest BCUT2D eigenvalue weighted by Gasteiger charge is -2.27.